The summed E-state index contributed by atoms with van der Waals surface area (Å²) in [4.78, 5) is 29.0. The Labute approximate surface area is 190 Å². The summed E-state index contributed by atoms with van der Waals surface area (Å²) in [7, 11) is 0. The summed E-state index contributed by atoms with van der Waals surface area (Å²) in [6, 6.07) is 5.38. The standard InChI is InChI=1S/C23H25ClN2O4S/c1-14(10-20(27)23(8-9-23)21(25)28)2-6-17-12-26-22(31-17)30-19-7-5-16(11-18(19)24)29-13-15-3-4-15/h2,5-7,11-12,14-15H,3-4,8-10,13H2,1H3,(H2,25,28)/b6-2+/t14-/m0/s1. The summed E-state index contributed by atoms with van der Waals surface area (Å²) >= 11 is 7.70. The molecule has 4 rings (SSSR count). The highest BCUT2D eigenvalue weighted by Crippen LogP contribution is 2.47. The molecule has 2 fully saturated rings. The molecule has 0 radical (unpaired) electrons. The summed E-state index contributed by atoms with van der Waals surface area (Å²) in [5.74, 6) is 1.36. The number of aromatic nitrogens is 1. The first-order chi connectivity index (χ1) is 14.9. The van der Waals surface area contributed by atoms with Gasteiger partial charge in [-0.25, -0.2) is 4.98 Å². The fourth-order valence-electron chi connectivity index (χ4n) is 3.24. The molecule has 0 unspecified atom stereocenters. The molecule has 31 heavy (non-hydrogen) atoms. The van der Waals surface area contributed by atoms with Gasteiger partial charge in [-0.1, -0.05) is 35.9 Å². The van der Waals surface area contributed by atoms with Crippen molar-refractivity contribution in [3.63, 3.8) is 0 Å². The van der Waals surface area contributed by atoms with Crippen LogP contribution in [0.3, 0.4) is 0 Å². The molecule has 1 heterocycles. The van der Waals surface area contributed by atoms with Crippen molar-refractivity contribution in [2.45, 2.75) is 39.0 Å². The molecule has 1 amide bonds. The van der Waals surface area contributed by atoms with E-state index in [1.807, 2.05) is 25.1 Å². The largest absolute Gasteiger partial charge is 0.493 e. The minimum Gasteiger partial charge on any atom is -0.493 e. The molecule has 2 N–H and O–H groups in total. The van der Waals surface area contributed by atoms with E-state index in [2.05, 4.69) is 4.98 Å². The minimum absolute atomic E-state index is 0.00609. The third-order valence-corrected chi connectivity index (χ3v) is 6.77. The van der Waals surface area contributed by atoms with E-state index in [0.717, 1.165) is 17.2 Å². The summed E-state index contributed by atoms with van der Waals surface area (Å²) in [6.45, 7) is 2.67. The first-order valence-electron chi connectivity index (χ1n) is 10.4. The Hall–Kier alpha value is -2.38. The van der Waals surface area contributed by atoms with Gasteiger partial charge in [0.1, 0.15) is 22.7 Å². The molecule has 0 aliphatic heterocycles. The van der Waals surface area contributed by atoms with Gasteiger partial charge in [0.05, 0.1) is 16.5 Å². The number of carbonyl (C=O) groups excluding carboxylic acids is 2. The van der Waals surface area contributed by atoms with E-state index in [4.69, 9.17) is 26.8 Å². The van der Waals surface area contributed by atoms with E-state index >= 15 is 0 Å². The second-order valence-corrected chi connectivity index (χ2v) is 9.82. The number of nitrogens with zero attached hydrogens (tertiary/aromatic N) is 1. The van der Waals surface area contributed by atoms with Crippen molar-refractivity contribution >= 4 is 40.7 Å². The molecule has 2 aliphatic carbocycles. The van der Waals surface area contributed by atoms with E-state index in [1.165, 1.54) is 24.2 Å². The highest BCUT2D eigenvalue weighted by atomic mass is 35.5. The van der Waals surface area contributed by atoms with Gasteiger partial charge in [-0.2, -0.15) is 0 Å². The van der Waals surface area contributed by atoms with E-state index in [1.54, 1.807) is 18.3 Å². The van der Waals surface area contributed by atoms with E-state index in [9.17, 15) is 9.59 Å². The molecule has 2 aliphatic rings. The molecule has 2 aromatic rings. The van der Waals surface area contributed by atoms with Gasteiger partial charge in [-0.15, -0.1) is 0 Å². The number of primary amides is 1. The van der Waals surface area contributed by atoms with Gasteiger partial charge in [0.2, 0.25) is 5.91 Å². The number of hydrogen-bond donors (Lipinski definition) is 1. The molecular weight excluding hydrogens is 436 g/mol. The van der Waals surface area contributed by atoms with Crippen LogP contribution in [-0.2, 0) is 9.59 Å². The van der Waals surface area contributed by atoms with Crippen molar-refractivity contribution in [2.75, 3.05) is 6.61 Å². The monoisotopic (exact) mass is 460 g/mol. The Bertz CT molecular complexity index is 1010. The van der Waals surface area contributed by atoms with Crippen LogP contribution in [0.4, 0.5) is 0 Å². The molecule has 2 saturated carbocycles. The van der Waals surface area contributed by atoms with Crippen molar-refractivity contribution in [1.82, 2.24) is 4.98 Å². The summed E-state index contributed by atoms with van der Waals surface area (Å²) in [5, 5.41) is 0.943. The number of benzene rings is 1. The van der Waals surface area contributed by atoms with Crippen LogP contribution in [-0.4, -0.2) is 23.3 Å². The fraction of sp³-hybridized carbons (Fsp3) is 0.435. The van der Waals surface area contributed by atoms with Crippen LogP contribution in [0.2, 0.25) is 5.02 Å². The maximum atomic E-state index is 12.3. The first kappa shape index (κ1) is 21.8. The molecule has 8 heteroatoms. The number of Topliss-reactive ketones (excluding diaryl/α,β-unsaturated/α-hetero) is 1. The predicted molar refractivity (Wildman–Crippen MR) is 121 cm³/mol. The molecular formula is C23H25ClN2O4S. The molecule has 6 nitrogen and oxygen atoms in total. The van der Waals surface area contributed by atoms with Crippen molar-refractivity contribution in [3.05, 3.63) is 40.4 Å². The van der Waals surface area contributed by atoms with Gasteiger partial charge in [-0.3, -0.25) is 9.59 Å². The Morgan fingerprint density at radius 1 is 1.39 bits per heavy atom. The third-order valence-electron chi connectivity index (χ3n) is 5.64. The lowest BCUT2D eigenvalue weighted by Crippen LogP contribution is -2.32. The molecule has 0 spiro atoms. The molecule has 1 aromatic heterocycles. The first-order valence-corrected chi connectivity index (χ1v) is 11.6. The van der Waals surface area contributed by atoms with Crippen molar-refractivity contribution in [3.8, 4) is 16.7 Å². The van der Waals surface area contributed by atoms with Gasteiger partial charge in [-0.05, 0) is 55.7 Å². The quantitative estimate of drug-likeness (QED) is 0.462. The minimum atomic E-state index is -0.911. The van der Waals surface area contributed by atoms with Crippen molar-refractivity contribution in [1.29, 1.82) is 0 Å². The van der Waals surface area contributed by atoms with E-state index in [-0.39, 0.29) is 11.7 Å². The second-order valence-electron chi connectivity index (χ2n) is 8.39. The lowest BCUT2D eigenvalue weighted by Gasteiger charge is -2.11. The Kier molecular flexibility index (Phi) is 6.34. The van der Waals surface area contributed by atoms with Gasteiger partial charge < -0.3 is 15.2 Å². The van der Waals surface area contributed by atoms with Crippen LogP contribution in [0, 0.1) is 17.3 Å². The zero-order valence-electron chi connectivity index (χ0n) is 17.3. The van der Waals surface area contributed by atoms with Crippen molar-refractivity contribution < 1.29 is 19.1 Å². The molecule has 0 bridgehead atoms. The number of ether oxygens (including phenoxy) is 2. The summed E-state index contributed by atoms with van der Waals surface area (Å²) in [5.41, 5.74) is 4.46. The highest BCUT2D eigenvalue weighted by molar-refractivity contribution is 7.14. The van der Waals surface area contributed by atoms with Crippen LogP contribution in [0.1, 0.15) is 43.9 Å². The van der Waals surface area contributed by atoms with Crippen LogP contribution in [0.5, 0.6) is 16.7 Å². The third kappa shape index (κ3) is 5.46. The normalized spacial score (nSPS) is 18.0. The van der Waals surface area contributed by atoms with Crippen molar-refractivity contribution in [2.24, 2.45) is 23.0 Å². The lowest BCUT2D eigenvalue weighted by atomic mass is 9.92. The van der Waals surface area contributed by atoms with Crippen LogP contribution in [0.25, 0.3) is 6.08 Å². The number of ketones is 1. The van der Waals surface area contributed by atoms with E-state index < -0.39 is 11.3 Å². The Morgan fingerprint density at radius 3 is 2.81 bits per heavy atom. The number of amides is 1. The lowest BCUT2D eigenvalue weighted by molar-refractivity contribution is -0.134. The Morgan fingerprint density at radius 2 is 2.16 bits per heavy atom. The predicted octanol–water partition coefficient (Wildman–Crippen LogP) is 5.25. The average molecular weight is 461 g/mol. The number of thiazole rings is 1. The van der Waals surface area contributed by atoms with Crippen LogP contribution in [0.15, 0.2) is 30.5 Å². The number of hydrogen-bond acceptors (Lipinski definition) is 6. The topological polar surface area (TPSA) is 91.5 Å². The fourth-order valence-corrected chi connectivity index (χ4v) is 4.14. The smallest absolute Gasteiger partial charge is 0.279 e. The Balaban J connectivity index is 1.30. The van der Waals surface area contributed by atoms with Gasteiger partial charge in [0, 0.05) is 18.7 Å². The maximum absolute atomic E-state index is 12.3. The molecule has 1 aromatic carbocycles. The second kappa shape index (κ2) is 9.01. The molecule has 1 atom stereocenters. The number of allylic oxidation sites excluding steroid dienone is 1. The maximum Gasteiger partial charge on any atom is 0.279 e. The SMILES string of the molecule is C[C@@H](/C=C/c1cnc(Oc2ccc(OCC3CC3)cc2Cl)s1)CC(=O)C1(C(N)=O)CC1. The van der Waals surface area contributed by atoms with Gasteiger partial charge >= 0.3 is 0 Å². The highest BCUT2D eigenvalue weighted by Gasteiger charge is 2.54. The van der Waals surface area contributed by atoms with Crippen LogP contribution < -0.4 is 15.2 Å². The zero-order valence-corrected chi connectivity index (χ0v) is 18.9. The van der Waals surface area contributed by atoms with E-state index in [0.29, 0.717) is 41.1 Å². The molecule has 0 saturated heterocycles. The number of halogens is 1. The summed E-state index contributed by atoms with van der Waals surface area (Å²) in [6.07, 6.45) is 9.46. The van der Waals surface area contributed by atoms with Crippen LogP contribution >= 0.6 is 22.9 Å². The van der Waals surface area contributed by atoms with Gasteiger partial charge in [0.15, 0.2) is 0 Å². The molecule has 164 valence electrons. The number of carbonyl (C=O) groups is 2. The summed E-state index contributed by atoms with van der Waals surface area (Å²) < 4.78 is 11.5. The zero-order chi connectivity index (χ0) is 22.0. The average Bonchev–Trinajstić information content (AvgIpc) is 3.65. The number of nitrogens with two attached hydrogens (primary N) is 1. The number of rotatable bonds is 11. The van der Waals surface area contributed by atoms with Gasteiger partial charge in [0.25, 0.3) is 5.19 Å².